The molecule has 0 saturated heterocycles. The van der Waals surface area contributed by atoms with Crippen molar-refractivity contribution in [1.82, 2.24) is 0 Å². The number of phenolic OH excluding ortho intramolecular Hbond substituents is 2. The number of carboxylic acid groups (broad SMARTS) is 1. The van der Waals surface area contributed by atoms with Gasteiger partial charge in [0.15, 0.2) is 0 Å². The highest BCUT2D eigenvalue weighted by molar-refractivity contribution is 5.91. The van der Waals surface area contributed by atoms with E-state index in [2.05, 4.69) is 0 Å². The van der Waals surface area contributed by atoms with Crippen LogP contribution >= 0.6 is 0 Å². The van der Waals surface area contributed by atoms with Crippen LogP contribution in [0.4, 0.5) is 0 Å². The van der Waals surface area contributed by atoms with E-state index in [0.717, 1.165) is 28.3 Å². The van der Waals surface area contributed by atoms with Crippen LogP contribution in [0.1, 0.15) is 29.4 Å². The van der Waals surface area contributed by atoms with Crippen LogP contribution < -0.4 is 4.74 Å². The van der Waals surface area contributed by atoms with Gasteiger partial charge in [0.2, 0.25) is 0 Å². The Morgan fingerprint density at radius 3 is 1.82 bits per heavy atom. The van der Waals surface area contributed by atoms with Gasteiger partial charge in [0.05, 0.1) is 5.92 Å². The lowest BCUT2D eigenvalue weighted by molar-refractivity contribution is -0.144. The zero-order valence-corrected chi connectivity index (χ0v) is 18.2. The van der Waals surface area contributed by atoms with Gasteiger partial charge >= 0.3 is 5.97 Å². The number of phenols is 2. The summed E-state index contributed by atoms with van der Waals surface area (Å²) in [6.45, 7) is -0.250. The number of fused-ring (bicyclic) bond motifs is 1. The maximum Gasteiger partial charge on any atom is 0.315 e. The third-order valence-corrected chi connectivity index (χ3v) is 6.25. The first-order valence-electron chi connectivity index (χ1n) is 10.9. The Labute approximate surface area is 196 Å². The Bertz CT molecular complexity index is 1220. The smallest absolute Gasteiger partial charge is 0.315 e. The Balaban J connectivity index is 0.000000868. The molecule has 0 amide bonds. The minimum atomic E-state index is -0.354. The summed E-state index contributed by atoms with van der Waals surface area (Å²) < 4.78 is 5.94. The molecule has 4 aromatic carbocycles. The first-order valence-corrected chi connectivity index (χ1v) is 10.9. The molecule has 3 N–H and O–H groups in total. The number of rotatable bonds is 4. The maximum absolute atomic E-state index is 13.4. The highest BCUT2D eigenvalue weighted by Crippen LogP contribution is 2.53. The van der Waals surface area contributed by atoms with Crippen molar-refractivity contribution in [2.45, 2.75) is 18.3 Å². The highest BCUT2D eigenvalue weighted by Gasteiger charge is 2.48. The normalized spacial score (nSPS) is 18.8. The Kier molecular flexibility index (Phi) is 6.78. The second-order valence-corrected chi connectivity index (χ2v) is 8.16. The molecule has 5 rings (SSSR count). The Morgan fingerprint density at radius 1 is 0.765 bits per heavy atom. The van der Waals surface area contributed by atoms with Crippen LogP contribution in [0.5, 0.6) is 17.2 Å². The third kappa shape index (κ3) is 4.71. The van der Waals surface area contributed by atoms with Gasteiger partial charge in [-0.25, -0.2) is 0 Å². The molecule has 0 bridgehead atoms. The lowest BCUT2D eigenvalue weighted by atomic mass is 9.60. The summed E-state index contributed by atoms with van der Waals surface area (Å²) in [5, 5.41) is 28.1. The summed E-state index contributed by atoms with van der Waals surface area (Å²) in [6, 6.07) is 27.6. The Hall–Kier alpha value is -4.32. The summed E-state index contributed by atoms with van der Waals surface area (Å²) >= 11 is 0. The molecule has 4 aromatic rings. The van der Waals surface area contributed by atoms with Crippen LogP contribution in [0.15, 0.2) is 91.0 Å². The predicted molar refractivity (Wildman–Crippen MR) is 128 cm³/mol. The lowest BCUT2D eigenvalue weighted by Gasteiger charge is -2.43. The van der Waals surface area contributed by atoms with E-state index in [-0.39, 0.29) is 41.7 Å². The predicted octanol–water partition coefficient (Wildman–Crippen LogP) is 5.44. The fraction of sp³-hybridized carbons (Fsp3) is 0.143. The highest BCUT2D eigenvalue weighted by atomic mass is 16.5. The fourth-order valence-electron chi connectivity index (χ4n) is 4.57. The first kappa shape index (κ1) is 22.9. The van der Waals surface area contributed by atoms with Crippen molar-refractivity contribution in [3.8, 4) is 17.2 Å². The van der Waals surface area contributed by atoms with E-state index in [4.69, 9.17) is 14.6 Å². The lowest BCUT2D eigenvalue weighted by Crippen LogP contribution is -2.41. The van der Waals surface area contributed by atoms with Crippen molar-refractivity contribution in [2.24, 2.45) is 5.92 Å². The van der Waals surface area contributed by atoms with E-state index >= 15 is 0 Å². The number of hydrogen-bond donors (Lipinski definition) is 3. The molecule has 6 heteroatoms. The van der Waals surface area contributed by atoms with Crippen LogP contribution in [-0.4, -0.2) is 27.8 Å². The molecular weight excluding hydrogens is 432 g/mol. The molecule has 6 nitrogen and oxygen atoms in total. The fourth-order valence-corrected chi connectivity index (χ4v) is 4.57. The van der Waals surface area contributed by atoms with E-state index in [1.807, 2.05) is 66.7 Å². The van der Waals surface area contributed by atoms with Gasteiger partial charge in [0, 0.05) is 5.39 Å². The van der Waals surface area contributed by atoms with Gasteiger partial charge in [-0.3, -0.25) is 9.59 Å². The molecule has 2 unspecified atom stereocenters. The van der Waals surface area contributed by atoms with Gasteiger partial charge in [0.25, 0.3) is 6.47 Å². The number of ether oxygens (including phenoxy) is 1. The summed E-state index contributed by atoms with van der Waals surface area (Å²) in [7, 11) is 0. The quantitative estimate of drug-likeness (QED) is 0.214. The topological polar surface area (TPSA) is 104 Å². The van der Waals surface area contributed by atoms with Gasteiger partial charge in [0.1, 0.15) is 17.2 Å². The van der Waals surface area contributed by atoms with E-state index < -0.39 is 0 Å². The molecule has 1 fully saturated rings. The van der Waals surface area contributed by atoms with Crippen LogP contribution in [0.2, 0.25) is 0 Å². The van der Waals surface area contributed by atoms with E-state index in [0.29, 0.717) is 5.75 Å². The zero-order valence-electron chi connectivity index (χ0n) is 18.2. The van der Waals surface area contributed by atoms with E-state index in [1.54, 1.807) is 24.3 Å². The average molecular weight is 456 g/mol. The molecule has 34 heavy (non-hydrogen) atoms. The van der Waals surface area contributed by atoms with Gasteiger partial charge in [-0.05, 0) is 65.1 Å². The summed E-state index contributed by atoms with van der Waals surface area (Å²) in [6.07, 6.45) is 0.796. The monoisotopic (exact) mass is 456 g/mol. The van der Waals surface area contributed by atoms with Crippen LogP contribution in [-0.2, 0) is 9.59 Å². The Morgan fingerprint density at radius 2 is 1.26 bits per heavy atom. The largest absolute Gasteiger partial charge is 0.508 e. The molecule has 0 heterocycles. The number of carbonyl (C=O) groups excluding carboxylic acids is 1. The van der Waals surface area contributed by atoms with Crippen molar-refractivity contribution in [1.29, 1.82) is 0 Å². The van der Waals surface area contributed by atoms with Crippen molar-refractivity contribution in [2.75, 3.05) is 0 Å². The molecular formula is C28H24O6. The minimum Gasteiger partial charge on any atom is -0.508 e. The maximum atomic E-state index is 13.4. The van der Waals surface area contributed by atoms with Crippen LogP contribution in [0, 0.1) is 5.92 Å². The van der Waals surface area contributed by atoms with Gasteiger partial charge in [-0.1, -0.05) is 60.7 Å². The van der Waals surface area contributed by atoms with Gasteiger partial charge in [-0.15, -0.1) is 0 Å². The average Bonchev–Trinajstić information content (AvgIpc) is 2.82. The summed E-state index contributed by atoms with van der Waals surface area (Å²) in [5.74, 6) is 0.348. The molecule has 172 valence electrons. The minimum absolute atomic E-state index is 0.00174. The van der Waals surface area contributed by atoms with E-state index in [9.17, 15) is 15.0 Å². The van der Waals surface area contributed by atoms with Crippen molar-refractivity contribution in [3.63, 3.8) is 0 Å². The van der Waals surface area contributed by atoms with E-state index in [1.165, 1.54) is 0 Å². The molecule has 1 aliphatic carbocycles. The van der Waals surface area contributed by atoms with Crippen LogP contribution in [0.25, 0.3) is 10.8 Å². The number of benzene rings is 4. The molecule has 0 radical (unpaired) electrons. The SMILES string of the molecule is O=C(Oc1cccc2ccccc12)C1C(c2ccc(O)cc2)C[C@H]1c1ccc(O)cc1.O=CO. The number of hydrogen-bond acceptors (Lipinski definition) is 5. The van der Waals surface area contributed by atoms with Crippen LogP contribution in [0.3, 0.4) is 0 Å². The molecule has 0 spiro atoms. The second-order valence-electron chi connectivity index (χ2n) is 8.16. The molecule has 0 aromatic heterocycles. The number of esters is 1. The molecule has 1 saturated carbocycles. The molecule has 3 atom stereocenters. The third-order valence-electron chi connectivity index (χ3n) is 6.25. The number of aromatic hydroxyl groups is 2. The van der Waals surface area contributed by atoms with Gasteiger partial charge in [-0.2, -0.15) is 0 Å². The zero-order chi connectivity index (χ0) is 24.1. The van der Waals surface area contributed by atoms with Crippen molar-refractivity contribution >= 4 is 23.2 Å². The van der Waals surface area contributed by atoms with Gasteiger partial charge < -0.3 is 20.1 Å². The van der Waals surface area contributed by atoms with Crippen molar-refractivity contribution < 1.29 is 29.6 Å². The molecule has 1 aliphatic rings. The molecule has 0 aliphatic heterocycles. The standard InChI is InChI=1S/C27H22O4.CH2O2/c28-20-12-8-18(9-13-20)23-16-24(19-10-14-21(29)15-11-19)26(23)27(30)31-25-7-3-5-17-4-1-2-6-22(17)25;2-1-3/h1-15,23-24,26,28-29H,16H2;1H,(H,2,3)/t23-,24?,26?;/m0./s1. The van der Waals surface area contributed by atoms with Crippen molar-refractivity contribution in [3.05, 3.63) is 102 Å². The second kappa shape index (κ2) is 10.1. The number of carbonyl (C=O) groups is 2. The summed E-state index contributed by atoms with van der Waals surface area (Å²) in [5.41, 5.74) is 2.01. The summed E-state index contributed by atoms with van der Waals surface area (Å²) in [4.78, 5) is 21.8. The first-order chi connectivity index (χ1) is 16.5.